The van der Waals surface area contributed by atoms with Crippen molar-refractivity contribution in [2.45, 2.75) is 69.8 Å². The van der Waals surface area contributed by atoms with Gasteiger partial charge in [0.1, 0.15) is 11.5 Å². The van der Waals surface area contributed by atoms with E-state index >= 15 is 0 Å². The topological polar surface area (TPSA) is 55.8 Å². The van der Waals surface area contributed by atoms with Gasteiger partial charge in [-0.2, -0.15) is 0 Å². The lowest BCUT2D eigenvalue weighted by atomic mass is 9.77. The van der Waals surface area contributed by atoms with E-state index in [0.717, 1.165) is 12.8 Å². The molecule has 2 saturated heterocycles. The quantitative estimate of drug-likeness (QED) is 0.590. The maximum atomic E-state index is 13.1. The van der Waals surface area contributed by atoms with E-state index in [1.165, 1.54) is 19.3 Å². The summed E-state index contributed by atoms with van der Waals surface area (Å²) >= 11 is 0. The number of carbonyl (C=O) groups is 2. The Balaban J connectivity index is 1.59. The van der Waals surface area contributed by atoms with Gasteiger partial charge in [0.05, 0.1) is 24.7 Å². The molecule has 0 aromatic heterocycles. The SMILES string of the molecule is CC(C)OC(=O)[C@H]1[C@H]2C=C[C@@]3(CN(C4CCCCC4)C(=O)[C@@H]13)O2. The first kappa shape index (κ1) is 15.2. The molecule has 2 bridgehead atoms. The van der Waals surface area contributed by atoms with Gasteiger partial charge >= 0.3 is 5.97 Å². The van der Waals surface area contributed by atoms with Gasteiger partial charge in [-0.05, 0) is 26.7 Å². The number of amides is 1. The van der Waals surface area contributed by atoms with Gasteiger partial charge in [-0.15, -0.1) is 0 Å². The summed E-state index contributed by atoms with van der Waals surface area (Å²) < 4.78 is 11.5. The maximum absolute atomic E-state index is 13.1. The summed E-state index contributed by atoms with van der Waals surface area (Å²) in [5.41, 5.74) is -0.597. The minimum absolute atomic E-state index is 0.0921. The molecule has 0 unspecified atom stereocenters. The molecule has 5 nitrogen and oxygen atoms in total. The Morgan fingerprint density at radius 3 is 2.78 bits per heavy atom. The summed E-state index contributed by atoms with van der Waals surface area (Å²) in [6.07, 6.45) is 9.26. The smallest absolute Gasteiger partial charge is 0.313 e. The largest absolute Gasteiger partial charge is 0.463 e. The Morgan fingerprint density at radius 1 is 1.35 bits per heavy atom. The minimum atomic E-state index is -0.597. The number of carbonyl (C=O) groups excluding carboxylic acids is 2. The fourth-order valence-electron chi connectivity index (χ4n) is 4.81. The van der Waals surface area contributed by atoms with Gasteiger partial charge in [0.15, 0.2) is 0 Å². The zero-order valence-electron chi connectivity index (χ0n) is 13.9. The van der Waals surface area contributed by atoms with Crippen LogP contribution in [0.15, 0.2) is 12.2 Å². The van der Waals surface area contributed by atoms with E-state index in [2.05, 4.69) is 0 Å². The summed E-state index contributed by atoms with van der Waals surface area (Å²) in [6.45, 7) is 4.27. The summed E-state index contributed by atoms with van der Waals surface area (Å²) in [5, 5.41) is 0. The van der Waals surface area contributed by atoms with Gasteiger partial charge < -0.3 is 14.4 Å². The molecular formula is C18H25NO4. The highest BCUT2D eigenvalue weighted by Gasteiger charge is 2.67. The summed E-state index contributed by atoms with van der Waals surface area (Å²) in [5.74, 6) is -1.08. The second kappa shape index (κ2) is 5.33. The molecule has 1 spiro atoms. The van der Waals surface area contributed by atoms with E-state index in [4.69, 9.17) is 9.47 Å². The average Bonchev–Trinajstić information content (AvgIpc) is 3.16. The van der Waals surface area contributed by atoms with Crippen molar-refractivity contribution in [2.24, 2.45) is 11.8 Å². The molecule has 0 radical (unpaired) electrons. The van der Waals surface area contributed by atoms with Gasteiger partial charge in [-0.1, -0.05) is 31.4 Å². The fourth-order valence-corrected chi connectivity index (χ4v) is 4.81. The van der Waals surface area contributed by atoms with Crippen LogP contribution in [0, 0.1) is 11.8 Å². The maximum Gasteiger partial charge on any atom is 0.313 e. The van der Waals surface area contributed by atoms with Crippen LogP contribution in [-0.2, 0) is 19.1 Å². The molecular weight excluding hydrogens is 294 g/mol. The lowest BCUT2D eigenvalue weighted by molar-refractivity contribution is -0.157. The average molecular weight is 319 g/mol. The molecule has 4 rings (SSSR count). The fraction of sp³-hybridized carbons (Fsp3) is 0.778. The second-order valence-corrected chi connectivity index (χ2v) is 7.64. The Bertz CT molecular complexity index is 551. The molecule has 0 aromatic rings. The van der Waals surface area contributed by atoms with Crippen molar-refractivity contribution in [3.05, 3.63) is 12.2 Å². The Morgan fingerprint density at radius 2 is 2.09 bits per heavy atom. The highest BCUT2D eigenvalue weighted by molar-refractivity contribution is 5.91. The van der Waals surface area contributed by atoms with Crippen molar-refractivity contribution < 1.29 is 19.1 Å². The summed E-state index contributed by atoms with van der Waals surface area (Å²) in [7, 11) is 0. The van der Waals surface area contributed by atoms with Gasteiger partial charge in [0, 0.05) is 6.04 Å². The number of nitrogens with zero attached hydrogens (tertiary/aromatic N) is 1. The molecule has 1 saturated carbocycles. The van der Waals surface area contributed by atoms with E-state index in [0.29, 0.717) is 12.6 Å². The van der Waals surface area contributed by atoms with E-state index in [-0.39, 0.29) is 24.1 Å². The number of likely N-dealkylation sites (tertiary alicyclic amines) is 1. The first-order valence-electron chi connectivity index (χ1n) is 8.90. The highest BCUT2D eigenvalue weighted by atomic mass is 16.6. The number of ether oxygens (including phenoxy) is 2. The molecule has 0 N–H and O–H groups in total. The van der Waals surface area contributed by atoms with Crippen molar-refractivity contribution in [1.82, 2.24) is 4.90 Å². The molecule has 3 heterocycles. The van der Waals surface area contributed by atoms with Crippen LogP contribution in [0.25, 0.3) is 0 Å². The third-order valence-electron chi connectivity index (χ3n) is 5.77. The van der Waals surface area contributed by atoms with Gasteiger partial charge in [0.2, 0.25) is 5.91 Å². The van der Waals surface area contributed by atoms with Crippen molar-refractivity contribution in [3.8, 4) is 0 Å². The predicted molar refractivity (Wildman–Crippen MR) is 83.5 cm³/mol. The number of rotatable bonds is 3. The molecule has 23 heavy (non-hydrogen) atoms. The second-order valence-electron chi connectivity index (χ2n) is 7.64. The monoisotopic (exact) mass is 319 g/mol. The lowest BCUT2D eigenvalue weighted by Crippen LogP contribution is -2.42. The van der Waals surface area contributed by atoms with Crippen molar-refractivity contribution in [1.29, 1.82) is 0 Å². The summed E-state index contributed by atoms with van der Waals surface area (Å²) in [6, 6.07) is 0.314. The Labute approximate surface area is 137 Å². The van der Waals surface area contributed by atoms with Crippen LogP contribution in [0.4, 0.5) is 0 Å². The third kappa shape index (κ3) is 2.24. The molecule has 4 aliphatic rings. The predicted octanol–water partition coefficient (Wildman–Crippen LogP) is 2.05. The van der Waals surface area contributed by atoms with E-state index in [1.54, 1.807) is 0 Å². The van der Waals surface area contributed by atoms with Crippen LogP contribution < -0.4 is 0 Å². The summed E-state index contributed by atoms with van der Waals surface area (Å²) in [4.78, 5) is 27.6. The molecule has 0 aromatic carbocycles. The van der Waals surface area contributed by atoms with Gasteiger partial charge in [-0.3, -0.25) is 9.59 Å². The third-order valence-corrected chi connectivity index (χ3v) is 5.77. The van der Waals surface area contributed by atoms with Crippen LogP contribution in [0.5, 0.6) is 0 Å². The molecule has 3 aliphatic heterocycles. The lowest BCUT2D eigenvalue weighted by Gasteiger charge is -2.32. The van der Waals surface area contributed by atoms with Crippen molar-refractivity contribution >= 4 is 11.9 Å². The van der Waals surface area contributed by atoms with Crippen LogP contribution in [0.1, 0.15) is 46.0 Å². The van der Waals surface area contributed by atoms with Gasteiger partial charge in [0.25, 0.3) is 0 Å². The first-order valence-corrected chi connectivity index (χ1v) is 8.90. The van der Waals surface area contributed by atoms with Crippen LogP contribution in [0.2, 0.25) is 0 Å². The molecule has 4 atom stereocenters. The molecule has 1 aliphatic carbocycles. The standard InChI is InChI=1S/C18H25NO4/c1-11(2)22-17(21)14-13-8-9-18(23-13)10-19(16(20)15(14)18)12-6-4-3-5-7-12/h8-9,11-15H,3-7,10H2,1-2H3/t13-,14+,15-,18+/m1/s1. The first-order chi connectivity index (χ1) is 11.0. The van der Waals surface area contributed by atoms with Gasteiger partial charge in [-0.25, -0.2) is 0 Å². The number of fused-ring (bicyclic) bond motifs is 1. The zero-order chi connectivity index (χ0) is 16.2. The van der Waals surface area contributed by atoms with Crippen LogP contribution >= 0.6 is 0 Å². The molecule has 1 amide bonds. The zero-order valence-corrected chi connectivity index (χ0v) is 13.9. The molecule has 5 heteroatoms. The molecule has 3 fully saturated rings. The van der Waals surface area contributed by atoms with Crippen LogP contribution in [-0.4, -0.2) is 47.2 Å². The van der Waals surface area contributed by atoms with Crippen molar-refractivity contribution in [2.75, 3.05) is 6.54 Å². The Kier molecular flexibility index (Phi) is 3.52. The van der Waals surface area contributed by atoms with Crippen molar-refractivity contribution in [3.63, 3.8) is 0 Å². The number of hydrogen-bond acceptors (Lipinski definition) is 4. The number of hydrogen-bond donors (Lipinski definition) is 0. The number of esters is 1. The minimum Gasteiger partial charge on any atom is -0.463 e. The van der Waals surface area contributed by atoms with Crippen LogP contribution in [0.3, 0.4) is 0 Å². The van der Waals surface area contributed by atoms with E-state index < -0.39 is 17.4 Å². The normalized spacial score (nSPS) is 39.3. The van der Waals surface area contributed by atoms with E-state index in [1.807, 2.05) is 30.9 Å². The Hall–Kier alpha value is -1.36. The highest BCUT2D eigenvalue weighted by Crippen LogP contribution is 2.53. The molecule has 126 valence electrons. The van der Waals surface area contributed by atoms with E-state index in [9.17, 15) is 9.59 Å².